The van der Waals surface area contributed by atoms with Gasteiger partial charge in [-0.15, -0.1) is 11.3 Å². The van der Waals surface area contributed by atoms with Crippen LogP contribution in [0.25, 0.3) is 15.9 Å². The van der Waals surface area contributed by atoms with Crippen LogP contribution in [0, 0.1) is 0 Å². The van der Waals surface area contributed by atoms with Crippen LogP contribution in [0.15, 0.2) is 65.3 Å². The van der Waals surface area contributed by atoms with E-state index in [1.54, 1.807) is 60.9 Å². The Kier molecular flexibility index (Phi) is 7.46. The molecule has 4 rings (SSSR count). The van der Waals surface area contributed by atoms with Crippen molar-refractivity contribution in [1.82, 2.24) is 14.5 Å². The molecule has 1 atom stereocenters. The molecule has 170 valence electrons. The van der Waals surface area contributed by atoms with E-state index in [9.17, 15) is 14.4 Å². The van der Waals surface area contributed by atoms with Gasteiger partial charge in [-0.25, -0.2) is 4.98 Å². The van der Waals surface area contributed by atoms with Gasteiger partial charge < -0.3 is 0 Å². The molecule has 1 unspecified atom stereocenters. The lowest BCUT2D eigenvalue weighted by Crippen LogP contribution is -2.37. The summed E-state index contributed by atoms with van der Waals surface area (Å²) in [7, 11) is 0. The smallest absolute Gasteiger partial charge is 0.268 e. The van der Waals surface area contributed by atoms with Crippen molar-refractivity contribution >= 4 is 50.7 Å². The molecule has 0 bridgehead atoms. The second-order valence-corrected chi connectivity index (χ2v) is 8.17. The Labute approximate surface area is 201 Å². The average Bonchev–Trinajstić information content (AvgIpc) is 3.32. The number of carbonyl (C=O) groups excluding carboxylic acids is 2. The van der Waals surface area contributed by atoms with E-state index in [4.69, 9.17) is 11.6 Å². The maximum atomic E-state index is 13.5. The minimum absolute atomic E-state index is 0.261. The minimum atomic E-state index is -0.802. The molecule has 33 heavy (non-hydrogen) atoms. The normalized spacial score (nSPS) is 14.5. The number of allylic oxidation sites excluding steroid dienone is 5. The first-order valence-electron chi connectivity index (χ1n) is 10.5. The quantitative estimate of drug-likeness (QED) is 0.326. The largest absolute Gasteiger partial charge is 0.269 e. The second kappa shape index (κ2) is 10.1. The van der Waals surface area contributed by atoms with Crippen molar-refractivity contribution in [2.24, 2.45) is 0 Å². The lowest BCUT2D eigenvalue weighted by Gasteiger charge is -2.25. The molecule has 2 amide bonds. The molecule has 0 radical (unpaired) electrons. The number of nitrogens with zero attached hydrogens (tertiary/aromatic N) is 3. The topological polar surface area (TPSA) is 72.3 Å². The third-order valence-electron chi connectivity index (χ3n) is 5.06. The van der Waals surface area contributed by atoms with Gasteiger partial charge in [0.25, 0.3) is 17.4 Å². The number of imide groups is 1. The number of hydrogen-bond donors (Lipinski definition) is 0. The van der Waals surface area contributed by atoms with Crippen LogP contribution >= 0.6 is 22.9 Å². The molecule has 0 N–H and O–H groups in total. The molecule has 0 saturated heterocycles. The van der Waals surface area contributed by atoms with Crippen molar-refractivity contribution in [3.05, 3.63) is 92.9 Å². The number of hydrogen-bond acceptors (Lipinski definition) is 5. The fourth-order valence-electron chi connectivity index (χ4n) is 3.67. The fourth-order valence-corrected chi connectivity index (χ4v) is 4.83. The molecule has 0 fully saturated rings. The summed E-state index contributed by atoms with van der Waals surface area (Å²) >= 11 is 7.49. The van der Waals surface area contributed by atoms with Gasteiger partial charge >= 0.3 is 0 Å². The predicted octanol–water partition coefficient (Wildman–Crippen LogP) is 6.10. The maximum Gasteiger partial charge on any atom is 0.268 e. The highest BCUT2D eigenvalue weighted by molar-refractivity contribution is 7.17. The summed E-state index contributed by atoms with van der Waals surface area (Å²) < 4.78 is 1.39. The van der Waals surface area contributed by atoms with E-state index in [0.29, 0.717) is 32.1 Å². The van der Waals surface area contributed by atoms with Crippen molar-refractivity contribution in [3.63, 3.8) is 0 Å². The van der Waals surface area contributed by atoms with E-state index < -0.39 is 17.9 Å². The first-order chi connectivity index (χ1) is 15.9. The SMILES string of the molecule is C=C/C=C(\C=C/C)n1c(C(C)N2C(=O)c3ccccc3C2=O)nc2scc(Cl)c2c1=O.CC. The Bertz CT molecular complexity index is 1330. The lowest BCUT2D eigenvalue weighted by atomic mass is 10.1. The first kappa shape index (κ1) is 24.4. The summed E-state index contributed by atoms with van der Waals surface area (Å²) in [5, 5.41) is 2.25. The minimum Gasteiger partial charge on any atom is -0.269 e. The number of rotatable bonds is 5. The third-order valence-corrected chi connectivity index (χ3v) is 6.36. The van der Waals surface area contributed by atoms with Gasteiger partial charge in [-0.1, -0.05) is 56.3 Å². The highest BCUT2D eigenvalue weighted by Gasteiger charge is 2.40. The molecule has 6 nitrogen and oxygen atoms in total. The number of fused-ring (bicyclic) bond motifs is 2. The fraction of sp³-hybridized carbons (Fsp3) is 0.200. The van der Waals surface area contributed by atoms with Crippen LogP contribution in [0.4, 0.5) is 0 Å². The number of halogens is 1. The molecule has 0 spiro atoms. The van der Waals surface area contributed by atoms with E-state index >= 15 is 0 Å². The van der Waals surface area contributed by atoms with Gasteiger partial charge in [0.05, 0.1) is 33.3 Å². The zero-order valence-corrected chi connectivity index (χ0v) is 20.4. The number of aromatic nitrogens is 2. The van der Waals surface area contributed by atoms with E-state index in [1.165, 1.54) is 15.9 Å². The Morgan fingerprint density at radius 3 is 2.30 bits per heavy atom. The molecule has 1 aromatic carbocycles. The molecule has 1 aliphatic heterocycles. The Balaban J connectivity index is 0.00000149. The molecular formula is C25H24ClN3O3S. The van der Waals surface area contributed by atoms with E-state index in [-0.39, 0.29) is 11.4 Å². The number of amides is 2. The molecule has 2 aromatic heterocycles. The van der Waals surface area contributed by atoms with Crippen LogP contribution in [0.5, 0.6) is 0 Å². The molecule has 1 aliphatic rings. The summed E-state index contributed by atoms with van der Waals surface area (Å²) in [5.41, 5.74) is 0.797. The Morgan fingerprint density at radius 1 is 1.15 bits per heavy atom. The zero-order valence-electron chi connectivity index (χ0n) is 18.8. The summed E-state index contributed by atoms with van der Waals surface area (Å²) in [4.78, 5) is 45.8. The highest BCUT2D eigenvalue weighted by Crippen LogP contribution is 2.33. The highest BCUT2D eigenvalue weighted by atomic mass is 35.5. The van der Waals surface area contributed by atoms with Crippen LogP contribution in [0.2, 0.25) is 5.02 Å². The molecule has 0 saturated carbocycles. The summed E-state index contributed by atoms with van der Waals surface area (Å²) in [6.45, 7) is 11.2. The average molecular weight is 482 g/mol. The Hall–Kier alpha value is -3.29. The van der Waals surface area contributed by atoms with Crippen molar-refractivity contribution < 1.29 is 9.59 Å². The van der Waals surface area contributed by atoms with E-state index in [1.807, 2.05) is 20.8 Å². The van der Waals surface area contributed by atoms with Gasteiger partial charge in [-0.2, -0.15) is 0 Å². The standard InChI is InChI=1S/C23H18ClN3O3S.C2H6/c1-4-8-14(9-5-2)27-19(25-20-18(23(27)30)17(24)12-31-20)13(3)26-21(28)15-10-6-7-11-16(15)22(26)29;1-2/h4-13H,1H2,2-3H3;1-2H3/b9-5-,14-8+;. The first-order valence-corrected chi connectivity index (χ1v) is 11.8. The van der Waals surface area contributed by atoms with Crippen LogP contribution in [-0.2, 0) is 0 Å². The summed E-state index contributed by atoms with van der Waals surface area (Å²) in [6.07, 6.45) is 6.72. The van der Waals surface area contributed by atoms with Gasteiger partial charge in [-0.05, 0) is 38.1 Å². The number of thiophene rings is 1. The molecule has 8 heteroatoms. The molecule has 0 aliphatic carbocycles. The van der Waals surface area contributed by atoms with Crippen molar-refractivity contribution in [2.75, 3.05) is 0 Å². The maximum absolute atomic E-state index is 13.5. The summed E-state index contributed by atoms with van der Waals surface area (Å²) in [5.74, 6) is -0.575. The van der Waals surface area contributed by atoms with Gasteiger partial charge in [0, 0.05) is 5.38 Å². The van der Waals surface area contributed by atoms with Crippen molar-refractivity contribution in [3.8, 4) is 0 Å². The molecular weight excluding hydrogens is 458 g/mol. The lowest BCUT2D eigenvalue weighted by molar-refractivity contribution is 0.0587. The monoisotopic (exact) mass is 481 g/mol. The third kappa shape index (κ3) is 4.10. The van der Waals surface area contributed by atoms with Crippen molar-refractivity contribution in [2.45, 2.75) is 33.7 Å². The van der Waals surface area contributed by atoms with Crippen LogP contribution in [0.3, 0.4) is 0 Å². The number of benzene rings is 1. The van der Waals surface area contributed by atoms with Crippen LogP contribution < -0.4 is 5.56 Å². The van der Waals surface area contributed by atoms with Gasteiger partial charge in [0.1, 0.15) is 10.7 Å². The van der Waals surface area contributed by atoms with Gasteiger partial charge in [0.2, 0.25) is 0 Å². The second-order valence-electron chi connectivity index (χ2n) is 6.90. The summed E-state index contributed by atoms with van der Waals surface area (Å²) in [6, 6.07) is 5.86. The Morgan fingerprint density at radius 2 is 1.76 bits per heavy atom. The van der Waals surface area contributed by atoms with E-state index in [2.05, 4.69) is 11.6 Å². The zero-order chi connectivity index (χ0) is 24.3. The predicted molar refractivity (Wildman–Crippen MR) is 135 cm³/mol. The van der Waals surface area contributed by atoms with Crippen molar-refractivity contribution in [1.29, 1.82) is 0 Å². The molecule has 3 aromatic rings. The van der Waals surface area contributed by atoms with E-state index in [0.717, 1.165) is 4.90 Å². The number of carbonyl (C=O) groups is 2. The van der Waals surface area contributed by atoms with Crippen LogP contribution in [0.1, 0.15) is 60.3 Å². The van der Waals surface area contributed by atoms with Gasteiger partial charge in [-0.3, -0.25) is 23.9 Å². The van der Waals surface area contributed by atoms with Gasteiger partial charge in [0.15, 0.2) is 0 Å². The van der Waals surface area contributed by atoms with Crippen LogP contribution in [-0.4, -0.2) is 26.3 Å². The molecule has 3 heterocycles.